The van der Waals surface area contributed by atoms with Crippen molar-refractivity contribution in [3.63, 3.8) is 0 Å². The molecule has 0 atom stereocenters. The fourth-order valence-corrected chi connectivity index (χ4v) is 2.52. The van der Waals surface area contributed by atoms with Gasteiger partial charge in [-0.15, -0.1) is 11.3 Å². The summed E-state index contributed by atoms with van der Waals surface area (Å²) in [5, 5.41) is 9.65. The van der Waals surface area contributed by atoms with E-state index in [9.17, 15) is 19.1 Å². The van der Waals surface area contributed by atoms with Crippen LogP contribution >= 0.6 is 11.3 Å². The summed E-state index contributed by atoms with van der Waals surface area (Å²) in [6.45, 7) is 3.70. The van der Waals surface area contributed by atoms with E-state index in [2.05, 4.69) is 4.98 Å². The van der Waals surface area contributed by atoms with Crippen molar-refractivity contribution in [2.45, 2.75) is 20.3 Å². The number of rotatable bonds is 2. The highest BCUT2D eigenvalue weighted by atomic mass is 32.1. The number of nitrogens with zero attached hydrogens (tertiary/aromatic N) is 2. The molecule has 0 radical (unpaired) electrons. The number of hydrogen-bond donors (Lipinski definition) is 2. The predicted molar refractivity (Wildman–Crippen MR) is 64.1 cm³/mol. The second-order valence-electron chi connectivity index (χ2n) is 3.59. The van der Waals surface area contributed by atoms with E-state index in [1.54, 1.807) is 4.98 Å². The normalized spacial score (nSPS) is 10.8. The molecule has 2 rings (SSSR count). The molecule has 0 bridgehead atoms. The van der Waals surface area contributed by atoms with Crippen LogP contribution in [0.5, 0.6) is 5.88 Å². The van der Waals surface area contributed by atoms with E-state index >= 15 is 0 Å². The van der Waals surface area contributed by atoms with Gasteiger partial charge in [0.1, 0.15) is 0 Å². The molecule has 0 unspecified atom stereocenters. The second kappa shape index (κ2) is 4.37. The average Bonchev–Trinajstić information content (AvgIpc) is 2.67. The smallest absolute Gasteiger partial charge is 0.337 e. The fourth-order valence-electron chi connectivity index (χ4n) is 1.52. The van der Waals surface area contributed by atoms with Crippen molar-refractivity contribution in [1.29, 1.82) is 0 Å². The van der Waals surface area contributed by atoms with Gasteiger partial charge < -0.3 is 5.11 Å². The Morgan fingerprint density at radius 2 is 2.17 bits per heavy atom. The van der Waals surface area contributed by atoms with Crippen LogP contribution in [0.3, 0.4) is 0 Å². The van der Waals surface area contributed by atoms with Crippen LogP contribution in [0.25, 0.3) is 5.13 Å². The zero-order valence-corrected chi connectivity index (χ0v) is 10.5. The molecule has 0 aliphatic rings. The highest BCUT2D eigenvalue weighted by Crippen LogP contribution is 2.23. The molecular weight excluding hydrogens is 261 g/mol. The molecule has 8 heteroatoms. The molecule has 0 spiro atoms. The first-order chi connectivity index (χ1) is 8.45. The second-order valence-corrected chi connectivity index (χ2v) is 4.77. The molecule has 0 saturated carbocycles. The zero-order chi connectivity index (χ0) is 13.4. The van der Waals surface area contributed by atoms with Crippen LogP contribution in [0.1, 0.15) is 17.5 Å². The van der Waals surface area contributed by atoms with Gasteiger partial charge in [0.25, 0.3) is 5.56 Å². The molecule has 0 aromatic carbocycles. The van der Waals surface area contributed by atoms with E-state index in [0.717, 1.165) is 21.9 Å². The summed E-state index contributed by atoms with van der Waals surface area (Å²) in [6, 6.07) is 0. The fraction of sp³-hybridized carbons (Fsp3) is 0.300. The van der Waals surface area contributed by atoms with Gasteiger partial charge in [-0.2, -0.15) is 4.39 Å². The number of aryl methyl sites for hydroxylation is 2. The van der Waals surface area contributed by atoms with Crippen LogP contribution in [0.2, 0.25) is 0 Å². The molecule has 2 heterocycles. The Balaban J connectivity index is 2.75. The SMILES string of the molecule is CCc1nc(-n2c(O)c(F)c(=O)[nH]c2=O)sc1C. The summed E-state index contributed by atoms with van der Waals surface area (Å²) in [4.78, 5) is 29.3. The largest absolute Gasteiger partial charge is 0.492 e. The molecule has 0 amide bonds. The highest BCUT2D eigenvalue weighted by molar-refractivity contribution is 7.14. The van der Waals surface area contributed by atoms with E-state index in [-0.39, 0.29) is 5.13 Å². The Bertz CT molecular complexity index is 716. The third-order valence-corrected chi connectivity index (χ3v) is 3.44. The van der Waals surface area contributed by atoms with Crippen molar-refractivity contribution in [2.24, 2.45) is 0 Å². The Labute approximate surface area is 104 Å². The van der Waals surface area contributed by atoms with Crippen molar-refractivity contribution < 1.29 is 9.50 Å². The van der Waals surface area contributed by atoms with Crippen molar-refractivity contribution in [2.75, 3.05) is 0 Å². The molecule has 0 saturated heterocycles. The standard InChI is InChI=1S/C10H10FN3O3S/c1-3-5-4(2)18-10(12-5)14-8(16)6(11)7(15)13-9(14)17/h16H,3H2,1-2H3,(H,13,15,17). The average molecular weight is 271 g/mol. The molecule has 96 valence electrons. The first-order valence-electron chi connectivity index (χ1n) is 5.16. The van der Waals surface area contributed by atoms with Gasteiger partial charge in [-0.05, 0) is 13.3 Å². The summed E-state index contributed by atoms with van der Waals surface area (Å²) in [5.41, 5.74) is -1.42. The van der Waals surface area contributed by atoms with Crippen molar-refractivity contribution in [3.8, 4) is 11.0 Å². The number of nitrogens with one attached hydrogen (secondary N) is 1. The molecule has 0 aliphatic carbocycles. The van der Waals surface area contributed by atoms with Crippen LogP contribution in [-0.2, 0) is 6.42 Å². The Hall–Kier alpha value is -1.96. The van der Waals surface area contributed by atoms with Gasteiger partial charge in [0, 0.05) is 4.88 Å². The lowest BCUT2D eigenvalue weighted by Gasteiger charge is -2.03. The third-order valence-electron chi connectivity index (χ3n) is 2.44. The number of aromatic nitrogens is 3. The van der Waals surface area contributed by atoms with Crippen molar-refractivity contribution in [3.05, 3.63) is 37.2 Å². The lowest BCUT2D eigenvalue weighted by Crippen LogP contribution is -2.30. The van der Waals surface area contributed by atoms with Crippen LogP contribution < -0.4 is 11.2 Å². The summed E-state index contributed by atoms with van der Waals surface area (Å²) in [6.07, 6.45) is 0.656. The Morgan fingerprint density at radius 3 is 2.72 bits per heavy atom. The lowest BCUT2D eigenvalue weighted by molar-refractivity contribution is 0.386. The number of thiazole rings is 1. The number of halogens is 1. The van der Waals surface area contributed by atoms with Crippen LogP contribution in [0.15, 0.2) is 9.59 Å². The number of aromatic hydroxyl groups is 1. The van der Waals surface area contributed by atoms with Crippen LogP contribution in [-0.4, -0.2) is 19.6 Å². The van der Waals surface area contributed by atoms with E-state index in [0.29, 0.717) is 11.0 Å². The number of aromatic amines is 1. The minimum Gasteiger partial charge on any atom is -0.492 e. The van der Waals surface area contributed by atoms with Crippen molar-refractivity contribution in [1.82, 2.24) is 14.5 Å². The van der Waals surface area contributed by atoms with Gasteiger partial charge in [-0.25, -0.2) is 14.3 Å². The molecule has 18 heavy (non-hydrogen) atoms. The lowest BCUT2D eigenvalue weighted by atomic mass is 10.3. The summed E-state index contributed by atoms with van der Waals surface area (Å²) >= 11 is 1.14. The molecule has 0 fully saturated rings. The molecule has 2 aromatic rings. The van der Waals surface area contributed by atoms with Crippen LogP contribution in [0, 0.1) is 12.7 Å². The Morgan fingerprint density at radius 1 is 1.50 bits per heavy atom. The quantitative estimate of drug-likeness (QED) is 0.841. The molecular formula is C10H10FN3O3S. The van der Waals surface area contributed by atoms with Crippen molar-refractivity contribution >= 4 is 11.3 Å². The summed E-state index contributed by atoms with van der Waals surface area (Å²) in [5.74, 6) is -2.43. The van der Waals surface area contributed by atoms with Gasteiger partial charge in [0.15, 0.2) is 0 Å². The number of H-pyrrole nitrogens is 1. The zero-order valence-electron chi connectivity index (χ0n) is 9.65. The summed E-state index contributed by atoms with van der Waals surface area (Å²) < 4.78 is 13.9. The predicted octanol–water partition coefficient (Wildman–Crippen LogP) is 0.698. The van der Waals surface area contributed by atoms with Gasteiger partial charge >= 0.3 is 5.69 Å². The number of hydrogen-bond acceptors (Lipinski definition) is 5. The Kier molecular flexibility index (Phi) is 3.04. The van der Waals surface area contributed by atoms with Gasteiger partial charge in [0.05, 0.1) is 5.69 Å². The minimum absolute atomic E-state index is 0.127. The van der Waals surface area contributed by atoms with E-state index < -0.39 is 22.9 Å². The maximum Gasteiger partial charge on any atom is 0.337 e. The highest BCUT2D eigenvalue weighted by Gasteiger charge is 2.18. The molecule has 2 aromatic heterocycles. The third kappa shape index (κ3) is 1.84. The molecule has 0 aliphatic heterocycles. The van der Waals surface area contributed by atoms with E-state index in [1.165, 1.54) is 0 Å². The summed E-state index contributed by atoms with van der Waals surface area (Å²) in [7, 11) is 0. The monoisotopic (exact) mass is 271 g/mol. The molecule has 6 nitrogen and oxygen atoms in total. The van der Waals surface area contributed by atoms with Crippen LogP contribution in [0.4, 0.5) is 4.39 Å². The first kappa shape index (κ1) is 12.5. The minimum atomic E-state index is -1.40. The molecule has 2 N–H and O–H groups in total. The maximum absolute atomic E-state index is 13.3. The maximum atomic E-state index is 13.3. The van der Waals surface area contributed by atoms with Gasteiger partial charge in [0.2, 0.25) is 16.8 Å². The van der Waals surface area contributed by atoms with Gasteiger partial charge in [-0.3, -0.25) is 9.78 Å². The first-order valence-corrected chi connectivity index (χ1v) is 5.97. The topological polar surface area (TPSA) is 88.0 Å². The van der Waals surface area contributed by atoms with E-state index in [4.69, 9.17) is 0 Å². The van der Waals surface area contributed by atoms with E-state index in [1.807, 2.05) is 13.8 Å². The van der Waals surface area contributed by atoms with Gasteiger partial charge in [-0.1, -0.05) is 6.92 Å².